The molecule has 0 saturated heterocycles. The molecule has 0 aliphatic rings. The van der Waals surface area contributed by atoms with Gasteiger partial charge in [0.05, 0.1) is 9.80 Å². The van der Waals surface area contributed by atoms with Gasteiger partial charge in [-0.15, -0.1) is 11.3 Å². The number of aryl methyl sites for hydroxylation is 1. The zero-order chi connectivity index (χ0) is 13.1. The quantitative estimate of drug-likeness (QED) is 0.621. The van der Waals surface area contributed by atoms with Crippen LogP contribution in [0.15, 0.2) is 34.1 Å². The smallest absolute Gasteiger partial charge is 0.311 e. The van der Waals surface area contributed by atoms with Gasteiger partial charge < -0.3 is 4.74 Å². The number of ether oxygens (including phenoxy) is 1. The number of nitro groups is 1. The van der Waals surface area contributed by atoms with E-state index < -0.39 is 4.92 Å². The molecule has 1 aromatic heterocycles. The lowest BCUT2D eigenvalue weighted by Crippen LogP contribution is -1.98. The summed E-state index contributed by atoms with van der Waals surface area (Å²) in [7, 11) is 0. The summed E-state index contributed by atoms with van der Waals surface area (Å²) in [4.78, 5) is 11.5. The van der Waals surface area contributed by atoms with Crippen molar-refractivity contribution in [2.24, 2.45) is 0 Å². The Bertz CT molecular complexity index is 582. The number of halogens is 1. The van der Waals surface area contributed by atoms with E-state index in [0.717, 1.165) is 14.9 Å². The normalized spacial score (nSPS) is 10.3. The number of nitrogens with zero attached hydrogens (tertiary/aromatic N) is 1. The van der Waals surface area contributed by atoms with E-state index in [0.29, 0.717) is 12.4 Å². The molecule has 1 aromatic carbocycles. The summed E-state index contributed by atoms with van der Waals surface area (Å²) < 4.78 is 6.48. The van der Waals surface area contributed by atoms with E-state index >= 15 is 0 Å². The molecule has 0 aliphatic heterocycles. The molecule has 0 amide bonds. The molecule has 1 heterocycles. The molecule has 0 radical (unpaired) electrons. The van der Waals surface area contributed by atoms with Gasteiger partial charge in [-0.2, -0.15) is 0 Å². The maximum atomic E-state index is 10.9. The van der Waals surface area contributed by atoms with Gasteiger partial charge in [0.25, 0.3) is 0 Å². The van der Waals surface area contributed by atoms with Gasteiger partial charge in [0, 0.05) is 10.5 Å². The van der Waals surface area contributed by atoms with Gasteiger partial charge in [-0.05, 0) is 45.9 Å². The summed E-state index contributed by atoms with van der Waals surface area (Å²) in [6.45, 7) is 2.13. The Morgan fingerprint density at radius 2 is 2.22 bits per heavy atom. The molecule has 2 aromatic rings. The van der Waals surface area contributed by atoms with Crippen LogP contribution in [0.1, 0.15) is 10.4 Å². The van der Waals surface area contributed by atoms with Crippen molar-refractivity contribution in [1.29, 1.82) is 0 Å². The summed E-state index contributed by atoms with van der Waals surface area (Å²) in [5, 5.41) is 12.9. The van der Waals surface area contributed by atoms with Gasteiger partial charge in [0.2, 0.25) is 0 Å². The van der Waals surface area contributed by atoms with Crippen LogP contribution in [0.25, 0.3) is 0 Å². The van der Waals surface area contributed by atoms with Crippen LogP contribution in [0, 0.1) is 17.0 Å². The van der Waals surface area contributed by atoms with E-state index in [-0.39, 0.29) is 5.69 Å². The molecule has 0 spiro atoms. The van der Waals surface area contributed by atoms with E-state index in [9.17, 15) is 10.1 Å². The third-order valence-electron chi connectivity index (χ3n) is 2.36. The predicted molar refractivity (Wildman–Crippen MR) is 74.2 cm³/mol. The first-order valence-electron chi connectivity index (χ1n) is 5.17. The van der Waals surface area contributed by atoms with Crippen LogP contribution in [0.2, 0.25) is 0 Å². The average Bonchev–Trinajstić information content (AvgIpc) is 2.73. The standard InChI is InChI=1S/C12H10BrNO3S/c1-8-2-3-11(10(6-8)14(15)16)17-7-12-9(13)4-5-18-12/h2-6H,7H2,1H3. The van der Waals surface area contributed by atoms with Crippen LogP contribution in [-0.2, 0) is 6.61 Å². The van der Waals surface area contributed by atoms with Crippen molar-refractivity contribution in [3.63, 3.8) is 0 Å². The van der Waals surface area contributed by atoms with Crippen LogP contribution in [-0.4, -0.2) is 4.92 Å². The van der Waals surface area contributed by atoms with Crippen LogP contribution >= 0.6 is 27.3 Å². The average molecular weight is 328 g/mol. The van der Waals surface area contributed by atoms with Crippen molar-refractivity contribution in [2.75, 3.05) is 0 Å². The topological polar surface area (TPSA) is 52.4 Å². The van der Waals surface area contributed by atoms with Gasteiger partial charge in [-0.1, -0.05) is 6.07 Å². The Kier molecular flexibility index (Phi) is 3.98. The summed E-state index contributed by atoms with van der Waals surface area (Å²) in [5.41, 5.74) is 0.842. The van der Waals surface area contributed by atoms with Gasteiger partial charge >= 0.3 is 5.69 Å². The van der Waals surface area contributed by atoms with Crippen molar-refractivity contribution >= 4 is 33.0 Å². The number of benzene rings is 1. The molecule has 0 fully saturated rings. The first kappa shape index (κ1) is 13.0. The second kappa shape index (κ2) is 5.49. The number of hydrogen-bond acceptors (Lipinski definition) is 4. The first-order chi connectivity index (χ1) is 8.58. The number of rotatable bonds is 4. The van der Waals surface area contributed by atoms with E-state index in [1.54, 1.807) is 23.5 Å². The Balaban J connectivity index is 2.19. The Morgan fingerprint density at radius 1 is 1.44 bits per heavy atom. The fourth-order valence-corrected chi connectivity index (χ4v) is 2.84. The second-order valence-electron chi connectivity index (χ2n) is 3.71. The Morgan fingerprint density at radius 3 is 2.83 bits per heavy atom. The third kappa shape index (κ3) is 2.88. The summed E-state index contributed by atoms with van der Waals surface area (Å²) >= 11 is 4.94. The molecule has 94 valence electrons. The van der Waals surface area contributed by atoms with E-state index in [1.807, 2.05) is 18.4 Å². The van der Waals surface area contributed by atoms with Crippen LogP contribution in [0.5, 0.6) is 5.75 Å². The maximum Gasteiger partial charge on any atom is 0.311 e. The minimum Gasteiger partial charge on any atom is -0.481 e. The van der Waals surface area contributed by atoms with Gasteiger partial charge in [-0.25, -0.2) is 0 Å². The zero-order valence-corrected chi connectivity index (χ0v) is 12.0. The predicted octanol–water partition coefficient (Wildman–Crippen LogP) is 4.31. The van der Waals surface area contributed by atoms with E-state index in [4.69, 9.17) is 4.74 Å². The molecule has 4 nitrogen and oxygen atoms in total. The molecule has 6 heteroatoms. The lowest BCUT2D eigenvalue weighted by Gasteiger charge is -2.06. The summed E-state index contributed by atoms with van der Waals surface area (Å²) in [5.74, 6) is 0.297. The first-order valence-corrected chi connectivity index (χ1v) is 6.85. The van der Waals surface area contributed by atoms with Crippen molar-refractivity contribution < 1.29 is 9.66 Å². The highest BCUT2D eigenvalue weighted by Crippen LogP contribution is 2.30. The van der Waals surface area contributed by atoms with Crippen LogP contribution < -0.4 is 4.74 Å². The van der Waals surface area contributed by atoms with E-state index in [2.05, 4.69) is 15.9 Å². The zero-order valence-electron chi connectivity index (χ0n) is 9.55. The van der Waals surface area contributed by atoms with Crippen molar-refractivity contribution in [2.45, 2.75) is 13.5 Å². The van der Waals surface area contributed by atoms with Gasteiger partial charge in [0.1, 0.15) is 6.61 Å². The highest BCUT2D eigenvalue weighted by atomic mass is 79.9. The van der Waals surface area contributed by atoms with Gasteiger partial charge in [-0.3, -0.25) is 10.1 Å². The minimum absolute atomic E-state index is 0.00248. The minimum atomic E-state index is -0.425. The fourth-order valence-electron chi connectivity index (χ4n) is 1.46. The van der Waals surface area contributed by atoms with Crippen LogP contribution in [0.3, 0.4) is 0 Å². The summed E-state index contributed by atoms with van der Waals surface area (Å²) in [6.07, 6.45) is 0. The van der Waals surface area contributed by atoms with Gasteiger partial charge in [0.15, 0.2) is 5.75 Å². The molecule has 2 rings (SSSR count). The highest BCUT2D eigenvalue weighted by molar-refractivity contribution is 9.10. The molecule has 0 saturated carbocycles. The maximum absolute atomic E-state index is 10.9. The third-order valence-corrected chi connectivity index (χ3v) is 4.26. The molecule has 0 unspecified atom stereocenters. The number of nitro benzene ring substituents is 1. The molecular formula is C12H10BrNO3S. The van der Waals surface area contributed by atoms with Crippen molar-refractivity contribution in [3.8, 4) is 5.75 Å². The SMILES string of the molecule is Cc1ccc(OCc2sccc2Br)c([N+](=O)[O-])c1. The second-order valence-corrected chi connectivity index (χ2v) is 5.56. The van der Waals surface area contributed by atoms with Crippen molar-refractivity contribution in [1.82, 2.24) is 0 Å². The summed E-state index contributed by atoms with van der Waals surface area (Å²) in [6, 6.07) is 6.87. The fraction of sp³-hybridized carbons (Fsp3) is 0.167. The molecule has 18 heavy (non-hydrogen) atoms. The molecule has 0 bridgehead atoms. The molecular weight excluding hydrogens is 318 g/mol. The number of hydrogen-bond donors (Lipinski definition) is 0. The Labute approximate surface area is 116 Å². The van der Waals surface area contributed by atoms with Crippen molar-refractivity contribution in [3.05, 3.63) is 54.7 Å². The van der Waals surface area contributed by atoms with Crippen LogP contribution in [0.4, 0.5) is 5.69 Å². The molecule has 0 atom stereocenters. The number of thiophene rings is 1. The van der Waals surface area contributed by atoms with E-state index in [1.165, 1.54) is 6.07 Å². The molecule has 0 aliphatic carbocycles. The lowest BCUT2D eigenvalue weighted by molar-refractivity contribution is -0.386. The lowest BCUT2D eigenvalue weighted by atomic mass is 10.2. The monoisotopic (exact) mass is 327 g/mol. The largest absolute Gasteiger partial charge is 0.481 e. The Hall–Kier alpha value is -1.40. The highest BCUT2D eigenvalue weighted by Gasteiger charge is 2.15. The molecule has 0 N–H and O–H groups in total.